The number of carbonyl (C=O) groups excluding carboxylic acids is 1. The lowest BCUT2D eigenvalue weighted by molar-refractivity contribution is 0.102. The number of nitrogens with zero attached hydrogens (tertiary/aromatic N) is 2. The first-order chi connectivity index (χ1) is 16.4. The molecule has 2 aromatic carbocycles. The number of aromatic nitrogens is 1. The molecule has 4 rings (SSSR count). The predicted molar refractivity (Wildman–Crippen MR) is 138 cm³/mol. The molecular formula is C26H23Cl3FN3O. The second-order valence-corrected chi connectivity index (χ2v) is 9.43. The highest BCUT2D eigenvalue weighted by atomic mass is 35.5. The molecule has 4 nitrogen and oxygen atoms in total. The lowest BCUT2D eigenvalue weighted by atomic mass is 9.88. The number of hydrogen-bond donors (Lipinski definition) is 1. The van der Waals surface area contributed by atoms with Crippen LogP contribution in [0.15, 0.2) is 60.7 Å². The van der Waals surface area contributed by atoms with Gasteiger partial charge in [0, 0.05) is 22.8 Å². The van der Waals surface area contributed by atoms with Gasteiger partial charge in [-0.15, -0.1) is 0 Å². The van der Waals surface area contributed by atoms with Gasteiger partial charge in [0.15, 0.2) is 0 Å². The van der Waals surface area contributed by atoms with Gasteiger partial charge in [-0.05, 0) is 85.4 Å². The standard InChI is InChI=1S/C26H23Cl3FN3O/c27-20-5-3-17(4-6-20)2-1-11-33-12-9-18(10-13-33)22-16-21(30)7-8-23(22)31-26(34)19-14-24(28)32-25(29)15-19/h1-8,14-16,18H,9-13H2,(H,31,34). The Bertz CT molecular complexity index is 1170. The Labute approximate surface area is 213 Å². The zero-order valence-electron chi connectivity index (χ0n) is 18.3. The van der Waals surface area contributed by atoms with Crippen molar-refractivity contribution < 1.29 is 9.18 Å². The molecule has 34 heavy (non-hydrogen) atoms. The molecule has 1 amide bonds. The van der Waals surface area contributed by atoms with Crippen molar-refractivity contribution in [3.8, 4) is 0 Å². The number of carbonyl (C=O) groups is 1. The van der Waals surface area contributed by atoms with Crippen molar-refractivity contribution in [3.05, 3.63) is 98.5 Å². The van der Waals surface area contributed by atoms with Gasteiger partial charge < -0.3 is 5.32 Å². The van der Waals surface area contributed by atoms with E-state index in [0.29, 0.717) is 11.3 Å². The molecule has 0 radical (unpaired) electrons. The Morgan fingerprint density at radius 2 is 1.71 bits per heavy atom. The molecule has 8 heteroatoms. The minimum Gasteiger partial charge on any atom is -0.322 e. The van der Waals surface area contributed by atoms with Gasteiger partial charge in [0.25, 0.3) is 5.91 Å². The highest BCUT2D eigenvalue weighted by Crippen LogP contribution is 2.34. The number of likely N-dealkylation sites (tertiary alicyclic amines) is 1. The Kier molecular flexibility index (Phi) is 8.22. The second-order valence-electron chi connectivity index (χ2n) is 8.22. The maximum absolute atomic E-state index is 14.1. The van der Waals surface area contributed by atoms with E-state index < -0.39 is 0 Å². The number of anilines is 1. The van der Waals surface area contributed by atoms with E-state index in [9.17, 15) is 9.18 Å². The summed E-state index contributed by atoms with van der Waals surface area (Å²) in [6, 6.07) is 15.1. The molecule has 0 unspecified atom stereocenters. The van der Waals surface area contributed by atoms with Gasteiger partial charge in [-0.25, -0.2) is 9.37 Å². The fraction of sp³-hybridized carbons (Fsp3) is 0.231. The van der Waals surface area contributed by atoms with E-state index in [1.165, 1.54) is 24.3 Å². The molecule has 1 N–H and O–H groups in total. The summed E-state index contributed by atoms with van der Waals surface area (Å²) < 4.78 is 14.1. The minimum absolute atomic E-state index is 0.134. The summed E-state index contributed by atoms with van der Waals surface area (Å²) in [7, 11) is 0. The van der Waals surface area contributed by atoms with Crippen LogP contribution in [0.25, 0.3) is 6.08 Å². The SMILES string of the molecule is O=C(Nc1ccc(F)cc1C1CCN(CC=Cc2ccc(Cl)cc2)CC1)c1cc(Cl)nc(Cl)c1. The highest BCUT2D eigenvalue weighted by Gasteiger charge is 2.23. The molecular weight excluding hydrogens is 496 g/mol. The number of halogens is 4. The van der Waals surface area contributed by atoms with Crippen LogP contribution < -0.4 is 5.32 Å². The largest absolute Gasteiger partial charge is 0.322 e. The fourth-order valence-corrected chi connectivity index (χ4v) is 4.70. The summed E-state index contributed by atoms with van der Waals surface area (Å²) in [6.07, 6.45) is 5.96. The van der Waals surface area contributed by atoms with E-state index in [1.54, 1.807) is 6.07 Å². The Hall–Kier alpha value is -2.44. The fourth-order valence-electron chi connectivity index (χ4n) is 4.11. The molecule has 1 aliphatic rings. The van der Waals surface area contributed by atoms with E-state index in [-0.39, 0.29) is 27.9 Å². The van der Waals surface area contributed by atoms with E-state index in [1.807, 2.05) is 24.3 Å². The maximum Gasteiger partial charge on any atom is 0.255 e. The van der Waals surface area contributed by atoms with Crippen LogP contribution >= 0.6 is 34.8 Å². The Balaban J connectivity index is 1.39. The maximum atomic E-state index is 14.1. The molecule has 1 saturated heterocycles. The molecule has 0 atom stereocenters. The zero-order chi connectivity index (χ0) is 24.1. The molecule has 2 heterocycles. The Morgan fingerprint density at radius 3 is 2.38 bits per heavy atom. The second kappa shape index (κ2) is 11.3. The van der Waals surface area contributed by atoms with Crippen LogP contribution in [-0.2, 0) is 0 Å². The first-order valence-electron chi connectivity index (χ1n) is 11.0. The zero-order valence-corrected chi connectivity index (χ0v) is 20.5. The van der Waals surface area contributed by atoms with Crippen LogP contribution in [0.2, 0.25) is 15.3 Å². The average molecular weight is 519 g/mol. The quantitative estimate of drug-likeness (QED) is 0.348. The summed E-state index contributed by atoms with van der Waals surface area (Å²) >= 11 is 17.8. The van der Waals surface area contributed by atoms with Crippen molar-refractivity contribution >= 4 is 52.5 Å². The first-order valence-corrected chi connectivity index (χ1v) is 12.1. The number of amides is 1. The summed E-state index contributed by atoms with van der Waals surface area (Å²) in [5.74, 6) is -0.549. The van der Waals surface area contributed by atoms with Crippen LogP contribution in [0.1, 0.15) is 40.2 Å². The number of piperidine rings is 1. The number of nitrogens with one attached hydrogen (secondary N) is 1. The van der Waals surface area contributed by atoms with Crippen molar-refractivity contribution in [1.29, 1.82) is 0 Å². The van der Waals surface area contributed by atoms with Crippen LogP contribution in [0.4, 0.5) is 10.1 Å². The summed E-state index contributed by atoms with van der Waals surface area (Å²) in [4.78, 5) is 19.0. The Morgan fingerprint density at radius 1 is 1.03 bits per heavy atom. The minimum atomic E-state index is -0.371. The van der Waals surface area contributed by atoms with Crippen molar-refractivity contribution in [3.63, 3.8) is 0 Å². The topological polar surface area (TPSA) is 45.2 Å². The molecule has 3 aromatic rings. The molecule has 1 fully saturated rings. The van der Waals surface area contributed by atoms with E-state index in [0.717, 1.165) is 48.6 Å². The molecule has 0 saturated carbocycles. The molecule has 0 spiro atoms. The molecule has 0 bridgehead atoms. The van der Waals surface area contributed by atoms with Crippen LogP contribution in [0, 0.1) is 5.82 Å². The van der Waals surface area contributed by atoms with E-state index >= 15 is 0 Å². The van der Waals surface area contributed by atoms with Gasteiger partial charge in [-0.2, -0.15) is 0 Å². The molecule has 176 valence electrons. The van der Waals surface area contributed by atoms with E-state index in [4.69, 9.17) is 34.8 Å². The lowest BCUT2D eigenvalue weighted by Crippen LogP contribution is -2.33. The molecule has 1 aliphatic heterocycles. The van der Waals surface area contributed by atoms with Gasteiger partial charge in [0.05, 0.1) is 0 Å². The van der Waals surface area contributed by atoms with Crippen LogP contribution in [0.3, 0.4) is 0 Å². The lowest BCUT2D eigenvalue weighted by Gasteiger charge is -2.32. The number of hydrogen-bond acceptors (Lipinski definition) is 3. The first kappa shape index (κ1) is 24.7. The van der Waals surface area contributed by atoms with Gasteiger partial charge in [0.2, 0.25) is 0 Å². The van der Waals surface area contributed by atoms with Crippen molar-refractivity contribution in [2.24, 2.45) is 0 Å². The number of benzene rings is 2. The predicted octanol–water partition coefficient (Wildman–Crippen LogP) is 7.33. The smallest absolute Gasteiger partial charge is 0.255 e. The monoisotopic (exact) mass is 517 g/mol. The van der Waals surface area contributed by atoms with Crippen molar-refractivity contribution in [2.75, 3.05) is 25.0 Å². The van der Waals surface area contributed by atoms with Crippen LogP contribution in [-0.4, -0.2) is 35.4 Å². The third-order valence-electron chi connectivity index (χ3n) is 5.86. The van der Waals surface area contributed by atoms with Crippen molar-refractivity contribution in [2.45, 2.75) is 18.8 Å². The number of rotatable bonds is 6. The summed E-state index contributed by atoms with van der Waals surface area (Å²) in [5, 5.41) is 3.88. The van der Waals surface area contributed by atoms with Gasteiger partial charge in [-0.3, -0.25) is 9.69 Å². The molecule has 0 aliphatic carbocycles. The third kappa shape index (κ3) is 6.57. The highest BCUT2D eigenvalue weighted by molar-refractivity contribution is 6.33. The third-order valence-corrected chi connectivity index (χ3v) is 6.50. The van der Waals surface area contributed by atoms with Crippen molar-refractivity contribution in [1.82, 2.24) is 9.88 Å². The molecule has 1 aromatic heterocycles. The normalized spacial score (nSPS) is 15.1. The summed E-state index contributed by atoms with van der Waals surface area (Å²) in [5.41, 5.74) is 2.80. The van der Waals surface area contributed by atoms with Gasteiger partial charge in [0.1, 0.15) is 16.1 Å². The van der Waals surface area contributed by atoms with Gasteiger partial charge >= 0.3 is 0 Å². The van der Waals surface area contributed by atoms with E-state index in [2.05, 4.69) is 27.4 Å². The number of pyridine rings is 1. The average Bonchev–Trinajstić information content (AvgIpc) is 2.81. The van der Waals surface area contributed by atoms with Crippen LogP contribution in [0.5, 0.6) is 0 Å². The van der Waals surface area contributed by atoms with Gasteiger partial charge in [-0.1, -0.05) is 59.1 Å². The summed E-state index contributed by atoms with van der Waals surface area (Å²) in [6.45, 7) is 2.61.